The van der Waals surface area contributed by atoms with Crippen molar-refractivity contribution in [2.75, 3.05) is 11.1 Å². The van der Waals surface area contributed by atoms with E-state index < -0.39 is 5.91 Å². The molecule has 0 aliphatic heterocycles. The predicted octanol–water partition coefficient (Wildman–Crippen LogP) is 2.58. The van der Waals surface area contributed by atoms with Crippen molar-refractivity contribution in [2.45, 2.75) is 6.92 Å². The van der Waals surface area contributed by atoms with Gasteiger partial charge >= 0.3 is 0 Å². The predicted molar refractivity (Wildman–Crippen MR) is 71.1 cm³/mol. The van der Waals surface area contributed by atoms with E-state index in [1.807, 2.05) is 0 Å². The summed E-state index contributed by atoms with van der Waals surface area (Å²) in [5.74, 6) is -0.809. The molecule has 0 radical (unpaired) electrons. The Morgan fingerprint density at radius 3 is 2.83 bits per heavy atom. The summed E-state index contributed by atoms with van der Waals surface area (Å²) in [6, 6.07) is 2.82. The molecule has 0 aliphatic rings. The van der Waals surface area contributed by atoms with Crippen LogP contribution in [0.1, 0.15) is 15.4 Å². The number of nitrogens with zero attached hydrogens (tertiary/aromatic N) is 2. The van der Waals surface area contributed by atoms with Crippen LogP contribution in [0.4, 0.5) is 15.2 Å². The van der Waals surface area contributed by atoms with Gasteiger partial charge in [-0.25, -0.2) is 4.39 Å². The van der Waals surface area contributed by atoms with Gasteiger partial charge in [0.1, 0.15) is 5.82 Å². The van der Waals surface area contributed by atoms with E-state index >= 15 is 0 Å². The smallest absolute Gasteiger partial charge is 0.286 e. The Bertz CT molecular complexity index is 616. The Kier molecular flexibility index (Phi) is 3.58. The molecule has 5 nitrogen and oxygen atoms in total. The lowest BCUT2D eigenvalue weighted by atomic mass is 10.2. The number of rotatable bonds is 2. The van der Waals surface area contributed by atoms with Gasteiger partial charge in [-0.05, 0) is 40.5 Å². The van der Waals surface area contributed by atoms with Gasteiger partial charge in [-0.15, -0.1) is 10.2 Å². The number of carbonyl (C=O) groups excluding carboxylic acids is 1. The molecule has 0 saturated carbocycles. The van der Waals surface area contributed by atoms with Crippen LogP contribution in [-0.4, -0.2) is 16.1 Å². The first-order valence-electron chi connectivity index (χ1n) is 4.83. The molecule has 2 aromatic rings. The average molecular weight is 331 g/mol. The van der Waals surface area contributed by atoms with Crippen LogP contribution in [0.5, 0.6) is 0 Å². The largest absolute Gasteiger partial charge is 0.374 e. The fraction of sp³-hybridized carbons (Fsp3) is 0.100. The van der Waals surface area contributed by atoms with Crippen LogP contribution in [0.25, 0.3) is 0 Å². The molecule has 0 saturated heterocycles. The number of carbonyl (C=O) groups is 1. The summed E-state index contributed by atoms with van der Waals surface area (Å²) in [4.78, 5) is 11.8. The van der Waals surface area contributed by atoms with Crippen molar-refractivity contribution in [3.05, 3.63) is 33.0 Å². The van der Waals surface area contributed by atoms with E-state index in [2.05, 4.69) is 31.4 Å². The van der Waals surface area contributed by atoms with Crippen molar-refractivity contribution < 1.29 is 9.18 Å². The van der Waals surface area contributed by atoms with Crippen molar-refractivity contribution in [3.63, 3.8) is 0 Å². The number of aryl methyl sites for hydroxylation is 1. The van der Waals surface area contributed by atoms with Gasteiger partial charge < -0.3 is 11.1 Å². The van der Waals surface area contributed by atoms with Gasteiger partial charge in [0, 0.05) is 5.69 Å². The summed E-state index contributed by atoms with van der Waals surface area (Å²) < 4.78 is 13.5. The lowest BCUT2D eigenvalue weighted by molar-refractivity contribution is 0.102. The van der Waals surface area contributed by atoms with E-state index in [1.54, 1.807) is 6.92 Å². The van der Waals surface area contributed by atoms with Crippen molar-refractivity contribution in [1.82, 2.24) is 10.2 Å². The third-order valence-corrected chi connectivity index (χ3v) is 3.51. The Balaban J connectivity index is 2.24. The molecule has 1 aromatic carbocycles. The van der Waals surface area contributed by atoms with Gasteiger partial charge in [0.25, 0.3) is 5.91 Å². The highest BCUT2D eigenvalue weighted by Crippen LogP contribution is 2.25. The fourth-order valence-corrected chi connectivity index (χ4v) is 2.13. The van der Waals surface area contributed by atoms with Crippen LogP contribution < -0.4 is 11.1 Å². The number of nitrogen functional groups attached to an aromatic ring is 1. The number of hydrogen-bond acceptors (Lipinski definition) is 5. The number of anilines is 2. The van der Waals surface area contributed by atoms with Crippen molar-refractivity contribution >= 4 is 44.0 Å². The van der Waals surface area contributed by atoms with Gasteiger partial charge in [-0.2, -0.15) is 0 Å². The maximum atomic E-state index is 13.2. The second-order valence-corrected chi connectivity index (χ2v) is 5.34. The molecule has 0 atom stereocenters. The van der Waals surface area contributed by atoms with Gasteiger partial charge in [0.2, 0.25) is 10.1 Å². The summed E-state index contributed by atoms with van der Waals surface area (Å²) in [5.41, 5.74) is 6.51. The number of amides is 1. The summed E-state index contributed by atoms with van der Waals surface area (Å²) in [6.45, 7) is 1.69. The fourth-order valence-electron chi connectivity index (χ4n) is 1.28. The van der Waals surface area contributed by atoms with Gasteiger partial charge in [-0.1, -0.05) is 11.3 Å². The first kappa shape index (κ1) is 12.9. The molecule has 0 aliphatic carbocycles. The molecule has 0 unspecified atom stereocenters. The topological polar surface area (TPSA) is 80.9 Å². The average Bonchev–Trinajstić information content (AvgIpc) is 2.73. The third-order valence-electron chi connectivity index (χ3n) is 2.15. The Labute approximate surface area is 114 Å². The van der Waals surface area contributed by atoms with E-state index in [0.29, 0.717) is 11.3 Å². The van der Waals surface area contributed by atoms with Crippen LogP contribution in [0.2, 0.25) is 0 Å². The zero-order valence-electron chi connectivity index (χ0n) is 9.20. The standard InChI is InChI=1S/C10H8BrFN4OS/c1-4-2-6(12)5(11)3-7(4)14-8(17)9-15-16-10(13)18-9/h2-3H,1H3,(H2,13,16)(H,14,17). The third kappa shape index (κ3) is 2.65. The summed E-state index contributed by atoms with van der Waals surface area (Å²) in [6.07, 6.45) is 0. The van der Waals surface area contributed by atoms with Gasteiger partial charge in [0.05, 0.1) is 4.47 Å². The lowest BCUT2D eigenvalue weighted by Crippen LogP contribution is -2.12. The van der Waals surface area contributed by atoms with E-state index in [4.69, 9.17) is 5.73 Å². The number of nitrogens with one attached hydrogen (secondary N) is 1. The summed E-state index contributed by atoms with van der Waals surface area (Å²) in [5, 5.41) is 10.2. The molecule has 94 valence electrons. The number of benzene rings is 1. The molecule has 8 heteroatoms. The van der Waals surface area contributed by atoms with Crippen molar-refractivity contribution in [2.24, 2.45) is 0 Å². The molecule has 0 fully saturated rings. The Hall–Kier alpha value is -1.54. The van der Waals surface area contributed by atoms with Crippen LogP contribution in [0, 0.1) is 12.7 Å². The number of hydrogen-bond donors (Lipinski definition) is 2. The van der Waals surface area contributed by atoms with E-state index in [1.165, 1.54) is 12.1 Å². The van der Waals surface area contributed by atoms with Crippen LogP contribution in [0.15, 0.2) is 16.6 Å². The first-order valence-corrected chi connectivity index (χ1v) is 6.44. The van der Waals surface area contributed by atoms with Gasteiger partial charge in [0.15, 0.2) is 0 Å². The molecular formula is C10H8BrFN4OS. The molecule has 1 heterocycles. The Morgan fingerprint density at radius 2 is 2.22 bits per heavy atom. The molecule has 1 amide bonds. The number of nitrogens with two attached hydrogens (primary N) is 1. The van der Waals surface area contributed by atoms with Crippen LogP contribution in [0.3, 0.4) is 0 Å². The first-order chi connectivity index (χ1) is 8.47. The minimum atomic E-state index is -0.425. The van der Waals surface area contributed by atoms with Crippen molar-refractivity contribution in [3.8, 4) is 0 Å². The highest BCUT2D eigenvalue weighted by atomic mass is 79.9. The SMILES string of the molecule is Cc1cc(F)c(Br)cc1NC(=O)c1nnc(N)s1. The quantitative estimate of drug-likeness (QED) is 0.886. The van der Waals surface area contributed by atoms with Crippen LogP contribution in [-0.2, 0) is 0 Å². The number of halogens is 2. The minimum Gasteiger partial charge on any atom is -0.374 e. The van der Waals surface area contributed by atoms with E-state index in [0.717, 1.165) is 11.3 Å². The highest BCUT2D eigenvalue weighted by molar-refractivity contribution is 9.10. The summed E-state index contributed by atoms with van der Waals surface area (Å²) >= 11 is 4.04. The second-order valence-electron chi connectivity index (χ2n) is 3.48. The maximum absolute atomic E-state index is 13.2. The summed E-state index contributed by atoms with van der Waals surface area (Å²) in [7, 11) is 0. The highest BCUT2D eigenvalue weighted by Gasteiger charge is 2.14. The zero-order chi connectivity index (χ0) is 13.3. The molecule has 1 aromatic heterocycles. The molecule has 18 heavy (non-hydrogen) atoms. The van der Waals surface area contributed by atoms with Gasteiger partial charge in [-0.3, -0.25) is 4.79 Å². The monoisotopic (exact) mass is 330 g/mol. The molecule has 3 N–H and O–H groups in total. The van der Waals surface area contributed by atoms with E-state index in [9.17, 15) is 9.18 Å². The molecule has 0 bridgehead atoms. The normalized spacial score (nSPS) is 10.4. The second kappa shape index (κ2) is 4.99. The lowest BCUT2D eigenvalue weighted by Gasteiger charge is -2.07. The molecule has 0 spiro atoms. The zero-order valence-corrected chi connectivity index (χ0v) is 11.6. The van der Waals surface area contributed by atoms with Crippen LogP contribution >= 0.6 is 27.3 Å². The molecular weight excluding hydrogens is 323 g/mol. The maximum Gasteiger partial charge on any atom is 0.286 e. The number of aromatic nitrogens is 2. The Morgan fingerprint density at radius 1 is 1.50 bits per heavy atom. The van der Waals surface area contributed by atoms with Crippen molar-refractivity contribution in [1.29, 1.82) is 0 Å². The minimum absolute atomic E-state index is 0.160. The molecule has 2 rings (SSSR count). The van der Waals surface area contributed by atoms with E-state index in [-0.39, 0.29) is 20.4 Å².